The normalized spacial score (nSPS) is 15.2. The van der Waals surface area contributed by atoms with E-state index in [-0.39, 0.29) is 11.6 Å². The van der Waals surface area contributed by atoms with Crippen LogP contribution in [0.1, 0.15) is 23.0 Å². The Morgan fingerprint density at radius 3 is 2.23 bits per heavy atom. The summed E-state index contributed by atoms with van der Waals surface area (Å²) in [6.45, 7) is 2.84. The van der Waals surface area contributed by atoms with Gasteiger partial charge >= 0.3 is 0 Å². The average Bonchev–Trinajstić information content (AvgIpc) is 3.34. The highest BCUT2D eigenvalue weighted by Crippen LogP contribution is 2.31. The second-order valence-electron chi connectivity index (χ2n) is 8.44. The number of rotatable bonds is 7. The molecular weight excluding hydrogens is 450 g/mol. The van der Waals surface area contributed by atoms with Crippen molar-refractivity contribution >= 4 is 5.69 Å². The Morgan fingerprint density at radius 1 is 0.857 bits per heavy atom. The lowest BCUT2D eigenvalue weighted by atomic mass is 10.0. The summed E-state index contributed by atoms with van der Waals surface area (Å²) in [7, 11) is 1.62. The van der Waals surface area contributed by atoms with Gasteiger partial charge in [-0.25, -0.2) is 13.5 Å². The van der Waals surface area contributed by atoms with Crippen molar-refractivity contribution in [3.05, 3.63) is 101 Å². The molecule has 0 radical (unpaired) electrons. The highest BCUT2D eigenvalue weighted by molar-refractivity contribution is 5.48. The molecule has 1 atom stereocenters. The molecule has 180 valence electrons. The number of ether oxygens (including phenoxy) is 1. The van der Waals surface area contributed by atoms with Crippen LogP contribution in [0.25, 0.3) is 0 Å². The summed E-state index contributed by atoms with van der Waals surface area (Å²) in [5.41, 5.74) is 2.09. The van der Waals surface area contributed by atoms with Gasteiger partial charge in [-0.1, -0.05) is 42.5 Å². The molecule has 1 aromatic heterocycles. The van der Waals surface area contributed by atoms with E-state index in [4.69, 9.17) is 4.74 Å². The number of methoxy groups -OCH3 is 1. The number of anilines is 1. The summed E-state index contributed by atoms with van der Waals surface area (Å²) in [6, 6.07) is 20.7. The molecule has 0 saturated carbocycles. The van der Waals surface area contributed by atoms with Crippen LogP contribution in [0.5, 0.6) is 5.75 Å². The Balaban J connectivity index is 1.43. The fraction of sp³-hybridized carbons (Fsp3) is 0.269. The van der Waals surface area contributed by atoms with E-state index in [2.05, 4.69) is 20.4 Å². The molecule has 0 bridgehead atoms. The number of benzene rings is 3. The number of nitrogens with zero attached hydrogens (tertiary/aromatic N) is 6. The lowest BCUT2D eigenvalue weighted by Crippen LogP contribution is -2.48. The predicted molar refractivity (Wildman–Crippen MR) is 128 cm³/mol. The Morgan fingerprint density at radius 2 is 1.54 bits per heavy atom. The molecule has 0 N–H and O–H groups in total. The minimum absolute atomic E-state index is 0.241. The van der Waals surface area contributed by atoms with Gasteiger partial charge in [-0.15, -0.1) is 5.10 Å². The summed E-state index contributed by atoms with van der Waals surface area (Å²) in [5.74, 6) is 0.774. The number of hydrogen-bond donors (Lipinski definition) is 0. The van der Waals surface area contributed by atoms with E-state index in [1.54, 1.807) is 36.1 Å². The van der Waals surface area contributed by atoms with E-state index in [0.717, 1.165) is 11.3 Å². The summed E-state index contributed by atoms with van der Waals surface area (Å²) < 4.78 is 36.3. The van der Waals surface area contributed by atoms with Crippen molar-refractivity contribution in [1.82, 2.24) is 25.1 Å². The van der Waals surface area contributed by atoms with Crippen LogP contribution in [0.3, 0.4) is 0 Å². The van der Waals surface area contributed by atoms with Crippen LogP contribution >= 0.6 is 0 Å². The Hall–Kier alpha value is -3.85. The summed E-state index contributed by atoms with van der Waals surface area (Å²) in [6.07, 6.45) is 0. The second-order valence-corrected chi connectivity index (χ2v) is 8.44. The van der Waals surface area contributed by atoms with E-state index in [1.165, 1.54) is 12.1 Å². The maximum Gasteiger partial charge on any atom is 0.173 e. The molecule has 0 amide bonds. The van der Waals surface area contributed by atoms with Gasteiger partial charge in [0.05, 0.1) is 19.3 Å². The third-order valence-electron chi connectivity index (χ3n) is 6.37. The van der Waals surface area contributed by atoms with Crippen LogP contribution in [0.2, 0.25) is 0 Å². The Kier molecular flexibility index (Phi) is 6.67. The van der Waals surface area contributed by atoms with Gasteiger partial charge in [0, 0.05) is 31.7 Å². The van der Waals surface area contributed by atoms with Gasteiger partial charge in [-0.3, -0.25) is 4.90 Å². The molecular formula is C26H26F2N6O. The van der Waals surface area contributed by atoms with Gasteiger partial charge in [0.2, 0.25) is 0 Å². The van der Waals surface area contributed by atoms with Crippen molar-refractivity contribution < 1.29 is 13.5 Å². The Bertz CT molecular complexity index is 1270. The molecule has 1 aliphatic heterocycles. The number of tetrazole rings is 1. The molecule has 7 nitrogen and oxygen atoms in total. The van der Waals surface area contributed by atoms with Gasteiger partial charge in [0.1, 0.15) is 23.4 Å². The molecule has 35 heavy (non-hydrogen) atoms. The van der Waals surface area contributed by atoms with E-state index in [1.807, 2.05) is 41.3 Å². The van der Waals surface area contributed by atoms with Crippen LogP contribution in [0.15, 0.2) is 72.8 Å². The third-order valence-corrected chi connectivity index (χ3v) is 6.37. The quantitative estimate of drug-likeness (QED) is 0.403. The molecule has 9 heteroatoms. The number of para-hydroxylation sites is 1. The van der Waals surface area contributed by atoms with Crippen LogP contribution in [0, 0.1) is 11.6 Å². The molecule has 1 saturated heterocycles. The first-order valence-corrected chi connectivity index (χ1v) is 11.5. The standard InChI is InChI=1S/C26H26F2N6O/c1-35-20-12-10-19(11-13-20)18-34-26(29-30-31-34)25(21-6-2-3-7-22(21)27)33-16-14-32(15-17-33)24-9-5-4-8-23(24)28/h2-13,25H,14-18H2,1H3/t25-/m0/s1. The zero-order chi connectivity index (χ0) is 24.2. The SMILES string of the molecule is COc1ccc(Cn2nnnc2[C@H](c2ccccc2F)N2CCN(c3ccccc3F)CC2)cc1. The lowest BCUT2D eigenvalue weighted by molar-refractivity contribution is 0.197. The van der Waals surface area contributed by atoms with Crippen LogP contribution in [-0.2, 0) is 6.54 Å². The van der Waals surface area contributed by atoms with Crippen molar-refractivity contribution in [3.8, 4) is 5.75 Å². The van der Waals surface area contributed by atoms with E-state index < -0.39 is 6.04 Å². The van der Waals surface area contributed by atoms with E-state index in [0.29, 0.717) is 49.8 Å². The minimum atomic E-state index is -0.479. The van der Waals surface area contributed by atoms with Gasteiger partial charge < -0.3 is 9.64 Å². The van der Waals surface area contributed by atoms with Crippen molar-refractivity contribution in [2.75, 3.05) is 38.2 Å². The highest BCUT2D eigenvalue weighted by Gasteiger charge is 2.32. The number of aromatic nitrogens is 4. The lowest BCUT2D eigenvalue weighted by Gasteiger charge is -2.40. The van der Waals surface area contributed by atoms with E-state index >= 15 is 4.39 Å². The van der Waals surface area contributed by atoms with Crippen molar-refractivity contribution in [2.24, 2.45) is 0 Å². The Labute approximate surface area is 202 Å². The number of hydrogen-bond acceptors (Lipinski definition) is 6. The minimum Gasteiger partial charge on any atom is -0.497 e. The highest BCUT2D eigenvalue weighted by atomic mass is 19.1. The average molecular weight is 477 g/mol. The first kappa shape index (κ1) is 22.9. The largest absolute Gasteiger partial charge is 0.497 e. The van der Waals surface area contributed by atoms with Gasteiger partial charge in [0.15, 0.2) is 5.82 Å². The predicted octanol–water partition coefficient (Wildman–Crippen LogP) is 3.92. The first-order valence-electron chi connectivity index (χ1n) is 11.5. The number of piperazine rings is 1. The van der Waals surface area contributed by atoms with Gasteiger partial charge in [-0.05, 0) is 46.3 Å². The summed E-state index contributed by atoms with van der Waals surface area (Å²) >= 11 is 0. The molecule has 5 rings (SSSR count). The fourth-order valence-electron chi connectivity index (χ4n) is 4.55. The fourth-order valence-corrected chi connectivity index (χ4v) is 4.55. The maximum atomic E-state index is 15.0. The maximum absolute atomic E-state index is 15.0. The molecule has 1 fully saturated rings. The summed E-state index contributed by atoms with van der Waals surface area (Å²) in [4.78, 5) is 4.18. The molecule has 0 unspecified atom stereocenters. The molecule has 0 aliphatic carbocycles. The third kappa shape index (κ3) is 4.85. The van der Waals surface area contributed by atoms with Crippen LogP contribution < -0.4 is 9.64 Å². The van der Waals surface area contributed by atoms with Gasteiger partial charge in [0.25, 0.3) is 0 Å². The van der Waals surface area contributed by atoms with Crippen LogP contribution in [-0.4, -0.2) is 58.4 Å². The number of halogens is 2. The second kappa shape index (κ2) is 10.2. The van der Waals surface area contributed by atoms with E-state index in [9.17, 15) is 4.39 Å². The van der Waals surface area contributed by atoms with Crippen LogP contribution in [0.4, 0.5) is 14.5 Å². The van der Waals surface area contributed by atoms with Crippen molar-refractivity contribution in [3.63, 3.8) is 0 Å². The topological polar surface area (TPSA) is 59.3 Å². The van der Waals surface area contributed by atoms with Gasteiger partial charge in [-0.2, -0.15) is 0 Å². The smallest absolute Gasteiger partial charge is 0.173 e. The summed E-state index contributed by atoms with van der Waals surface area (Å²) in [5, 5.41) is 12.5. The molecule has 4 aromatic rings. The van der Waals surface area contributed by atoms with Crippen molar-refractivity contribution in [1.29, 1.82) is 0 Å². The molecule has 0 spiro atoms. The zero-order valence-electron chi connectivity index (χ0n) is 19.4. The monoisotopic (exact) mass is 476 g/mol. The molecule has 1 aliphatic rings. The first-order chi connectivity index (χ1) is 17.1. The molecule has 2 heterocycles. The van der Waals surface area contributed by atoms with Crippen molar-refractivity contribution in [2.45, 2.75) is 12.6 Å². The zero-order valence-corrected chi connectivity index (χ0v) is 19.4. The molecule has 3 aromatic carbocycles.